The number of nitrogens with one attached hydrogen (secondary N) is 2. The molecule has 1 heterocycles. The number of rotatable bonds is 5. The van der Waals surface area contributed by atoms with Crippen molar-refractivity contribution in [2.24, 2.45) is 17.8 Å². The molecule has 1 aliphatic heterocycles. The molecule has 4 heteroatoms. The largest absolute Gasteiger partial charge is 0.353 e. The highest BCUT2D eigenvalue weighted by atomic mass is 35.5. The van der Waals surface area contributed by atoms with Crippen LogP contribution in [0.2, 0.25) is 0 Å². The Morgan fingerprint density at radius 2 is 2.15 bits per heavy atom. The van der Waals surface area contributed by atoms with Gasteiger partial charge in [0.05, 0.1) is 0 Å². The molecular weight excluding hydrogens is 272 g/mol. The first-order valence-electron chi connectivity index (χ1n) is 8.25. The fourth-order valence-corrected chi connectivity index (χ4v) is 4.65. The molecule has 2 N–H and O–H groups in total. The van der Waals surface area contributed by atoms with Crippen molar-refractivity contribution < 1.29 is 4.79 Å². The summed E-state index contributed by atoms with van der Waals surface area (Å²) >= 11 is 0. The van der Waals surface area contributed by atoms with Crippen molar-refractivity contribution in [1.82, 2.24) is 10.6 Å². The van der Waals surface area contributed by atoms with Gasteiger partial charge >= 0.3 is 0 Å². The molecule has 20 heavy (non-hydrogen) atoms. The van der Waals surface area contributed by atoms with Crippen LogP contribution in [0, 0.1) is 17.8 Å². The predicted octanol–water partition coefficient (Wildman–Crippen LogP) is 2.88. The van der Waals surface area contributed by atoms with E-state index in [9.17, 15) is 4.79 Å². The molecule has 3 aliphatic rings. The molecule has 2 saturated carbocycles. The first-order valence-corrected chi connectivity index (χ1v) is 8.25. The van der Waals surface area contributed by atoms with Crippen LogP contribution in [-0.2, 0) is 4.79 Å². The Hall–Kier alpha value is -0.280. The smallest absolute Gasteiger partial charge is 0.220 e. The highest BCUT2D eigenvalue weighted by Crippen LogP contribution is 2.49. The average Bonchev–Trinajstić information content (AvgIpc) is 3.13. The second-order valence-corrected chi connectivity index (χ2v) is 7.03. The van der Waals surface area contributed by atoms with Gasteiger partial charge in [-0.25, -0.2) is 0 Å². The fourth-order valence-electron chi connectivity index (χ4n) is 4.65. The van der Waals surface area contributed by atoms with Gasteiger partial charge in [-0.1, -0.05) is 6.42 Å². The summed E-state index contributed by atoms with van der Waals surface area (Å²) in [7, 11) is 0. The van der Waals surface area contributed by atoms with Gasteiger partial charge in [0.2, 0.25) is 5.91 Å². The number of carbonyl (C=O) groups excluding carboxylic acids is 1. The van der Waals surface area contributed by atoms with E-state index in [2.05, 4.69) is 17.6 Å². The van der Waals surface area contributed by atoms with Crippen molar-refractivity contribution in [3.63, 3.8) is 0 Å². The lowest BCUT2D eigenvalue weighted by atomic mass is 9.84. The van der Waals surface area contributed by atoms with Crippen molar-refractivity contribution in [3.05, 3.63) is 0 Å². The lowest BCUT2D eigenvalue weighted by Crippen LogP contribution is -2.40. The van der Waals surface area contributed by atoms with E-state index >= 15 is 0 Å². The monoisotopic (exact) mass is 300 g/mol. The number of hydrogen-bond acceptors (Lipinski definition) is 2. The zero-order valence-corrected chi connectivity index (χ0v) is 13.4. The first kappa shape index (κ1) is 16.1. The number of halogens is 1. The normalized spacial score (nSPS) is 36.6. The summed E-state index contributed by atoms with van der Waals surface area (Å²) in [5.74, 6) is 2.89. The minimum absolute atomic E-state index is 0. The van der Waals surface area contributed by atoms with Gasteiger partial charge in [-0.15, -0.1) is 12.4 Å². The summed E-state index contributed by atoms with van der Waals surface area (Å²) in [6, 6.07) is 0.975. The van der Waals surface area contributed by atoms with Crippen LogP contribution in [0.15, 0.2) is 0 Å². The van der Waals surface area contributed by atoms with Crippen LogP contribution in [0.5, 0.6) is 0 Å². The highest BCUT2D eigenvalue weighted by Gasteiger charge is 2.42. The van der Waals surface area contributed by atoms with Crippen LogP contribution in [0.3, 0.4) is 0 Å². The van der Waals surface area contributed by atoms with E-state index in [-0.39, 0.29) is 18.3 Å². The molecule has 0 aromatic heterocycles. The molecule has 1 amide bonds. The zero-order chi connectivity index (χ0) is 13.2. The first-order chi connectivity index (χ1) is 9.22. The number of hydrogen-bond donors (Lipinski definition) is 2. The molecule has 1 saturated heterocycles. The summed E-state index contributed by atoms with van der Waals surface area (Å²) in [6.07, 6.45) is 9.85. The Labute approximate surface area is 129 Å². The SMILES string of the molecule is CC(NC(=O)CCC1CCCN1)C1CC2CCC1C2.Cl. The Balaban J connectivity index is 0.00000147. The van der Waals surface area contributed by atoms with Crippen LogP contribution in [0.1, 0.15) is 58.3 Å². The van der Waals surface area contributed by atoms with Crippen LogP contribution in [0.25, 0.3) is 0 Å². The van der Waals surface area contributed by atoms with Gasteiger partial charge in [-0.2, -0.15) is 0 Å². The summed E-state index contributed by atoms with van der Waals surface area (Å²) in [5.41, 5.74) is 0. The Morgan fingerprint density at radius 1 is 1.30 bits per heavy atom. The van der Waals surface area contributed by atoms with E-state index < -0.39 is 0 Å². The predicted molar refractivity (Wildman–Crippen MR) is 84.0 cm³/mol. The Bertz CT molecular complexity index is 330. The molecule has 0 spiro atoms. The summed E-state index contributed by atoms with van der Waals surface area (Å²) in [5, 5.41) is 6.73. The van der Waals surface area contributed by atoms with E-state index in [4.69, 9.17) is 0 Å². The Morgan fingerprint density at radius 3 is 2.75 bits per heavy atom. The van der Waals surface area contributed by atoms with Crippen molar-refractivity contribution in [3.8, 4) is 0 Å². The number of amides is 1. The molecule has 116 valence electrons. The van der Waals surface area contributed by atoms with Gasteiger partial charge in [0.1, 0.15) is 0 Å². The maximum absolute atomic E-state index is 12.0. The minimum Gasteiger partial charge on any atom is -0.353 e. The lowest BCUT2D eigenvalue weighted by molar-refractivity contribution is -0.122. The fraction of sp³-hybridized carbons (Fsp3) is 0.938. The quantitative estimate of drug-likeness (QED) is 0.820. The molecule has 0 aromatic rings. The Kier molecular flexibility index (Phi) is 5.74. The van der Waals surface area contributed by atoms with Crippen molar-refractivity contribution in [2.45, 2.75) is 70.4 Å². The molecule has 3 fully saturated rings. The molecule has 2 aliphatic carbocycles. The van der Waals surface area contributed by atoms with Crippen molar-refractivity contribution in [2.75, 3.05) is 6.54 Å². The molecule has 3 nitrogen and oxygen atoms in total. The van der Waals surface area contributed by atoms with Crippen LogP contribution in [-0.4, -0.2) is 24.5 Å². The van der Waals surface area contributed by atoms with E-state index in [0.29, 0.717) is 18.5 Å². The van der Waals surface area contributed by atoms with Gasteiger partial charge in [-0.05, 0) is 69.7 Å². The van der Waals surface area contributed by atoms with Gasteiger partial charge in [0, 0.05) is 18.5 Å². The van der Waals surface area contributed by atoms with E-state index in [1.54, 1.807) is 0 Å². The molecular formula is C16H29ClN2O. The van der Waals surface area contributed by atoms with Crippen molar-refractivity contribution >= 4 is 18.3 Å². The molecule has 0 radical (unpaired) electrons. The summed E-state index contributed by atoms with van der Waals surface area (Å²) in [6.45, 7) is 3.35. The average molecular weight is 301 g/mol. The zero-order valence-electron chi connectivity index (χ0n) is 12.6. The van der Waals surface area contributed by atoms with Gasteiger partial charge in [0.15, 0.2) is 0 Å². The summed E-state index contributed by atoms with van der Waals surface area (Å²) in [4.78, 5) is 12.0. The van der Waals surface area contributed by atoms with Crippen LogP contribution < -0.4 is 10.6 Å². The standard InChI is InChI=1S/C16H28N2O.ClH/c1-11(15-10-12-4-5-13(15)9-12)18-16(19)7-6-14-3-2-8-17-14;/h11-15,17H,2-10H2,1H3,(H,18,19);1H. The third-order valence-electron chi connectivity index (χ3n) is 5.71. The second-order valence-electron chi connectivity index (χ2n) is 7.03. The highest BCUT2D eigenvalue weighted by molar-refractivity contribution is 5.85. The minimum atomic E-state index is 0. The maximum Gasteiger partial charge on any atom is 0.220 e. The van der Waals surface area contributed by atoms with E-state index in [1.165, 1.54) is 38.5 Å². The third-order valence-corrected chi connectivity index (χ3v) is 5.71. The second kappa shape index (κ2) is 7.13. The van der Waals surface area contributed by atoms with Gasteiger partial charge in [-0.3, -0.25) is 4.79 Å². The third kappa shape index (κ3) is 3.67. The molecule has 5 atom stereocenters. The number of fused-ring (bicyclic) bond motifs is 2. The van der Waals surface area contributed by atoms with Crippen molar-refractivity contribution in [1.29, 1.82) is 0 Å². The van der Waals surface area contributed by atoms with Gasteiger partial charge in [0.25, 0.3) is 0 Å². The summed E-state index contributed by atoms with van der Waals surface area (Å²) < 4.78 is 0. The molecule has 3 rings (SSSR count). The van der Waals surface area contributed by atoms with E-state index in [1.807, 2.05) is 0 Å². The lowest BCUT2D eigenvalue weighted by Gasteiger charge is -2.28. The topological polar surface area (TPSA) is 41.1 Å². The molecule has 0 aromatic carbocycles. The molecule has 2 bridgehead atoms. The number of carbonyl (C=O) groups is 1. The van der Waals surface area contributed by atoms with Crippen LogP contribution >= 0.6 is 12.4 Å². The van der Waals surface area contributed by atoms with E-state index in [0.717, 1.165) is 30.7 Å². The van der Waals surface area contributed by atoms with Gasteiger partial charge < -0.3 is 10.6 Å². The van der Waals surface area contributed by atoms with Crippen LogP contribution in [0.4, 0.5) is 0 Å². The molecule has 5 unspecified atom stereocenters. The maximum atomic E-state index is 12.0.